The Kier molecular flexibility index (Phi) is 6.30. The topological polar surface area (TPSA) is 91.2 Å². The van der Waals surface area contributed by atoms with Crippen LogP contribution < -0.4 is 10.2 Å². The molecule has 1 aliphatic heterocycles. The SMILES string of the molecule is COc1cc(/C=N\NC(=O)CN2C[C@H](c3ccccc3)CC2=O)c(Br)cc1O. The molecule has 28 heavy (non-hydrogen) atoms. The summed E-state index contributed by atoms with van der Waals surface area (Å²) in [4.78, 5) is 25.9. The van der Waals surface area contributed by atoms with Gasteiger partial charge in [-0.2, -0.15) is 5.10 Å². The van der Waals surface area contributed by atoms with Gasteiger partial charge in [-0.25, -0.2) is 5.43 Å². The smallest absolute Gasteiger partial charge is 0.259 e. The van der Waals surface area contributed by atoms with E-state index in [9.17, 15) is 14.7 Å². The molecule has 1 fully saturated rings. The number of rotatable bonds is 6. The molecule has 2 N–H and O–H groups in total. The van der Waals surface area contributed by atoms with E-state index in [1.807, 2.05) is 30.3 Å². The first-order valence-corrected chi connectivity index (χ1v) is 9.48. The van der Waals surface area contributed by atoms with Gasteiger partial charge in [-0.15, -0.1) is 0 Å². The van der Waals surface area contributed by atoms with Gasteiger partial charge in [0, 0.05) is 28.9 Å². The van der Waals surface area contributed by atoms with Crippen LogP contribution >= 0.6 is 15.9 Å². The van der Waals surface area contributed by atoms with Gasteiger partial charge in [0.25, 0.3) is 5.91 Å². The quantitative estimate of drug-likeness (QED) is 0.527. The number of phenols is 1. The van der Waals surface area contributed by atoms with E-state index in [0.29, 0.717) is 28.8 Å². The molecule has 2 aromatic carbocycles. The molecule has 8 heteroatoms. The highest BCUT2D eigenvalue weighted by Crippen LogP contribution is 2.31. The van der Waals surface area contributed by atoms with Crippen LogP contribution in [0.4, 0.5) is 0 Å². The van der Waals surface area contributed by atoms with Crippen molar-refractivity contribution in [1.82, 2.24) is 10.3 Å². The number of carbonyl (C=O) groups excluding carboxylic acids is 2. The Balaban J connectivity index is 1.56. The summed E-state index contributed by atoms with van der Waals surface area (Å²) in [6.07, 6.45) is 1.84. The van der Waals surface area contributed by atoms with Gasteiger partial charge in [-0.3, -0.25) is 9.59 Å². The van der Waals surface area contributed by atoms with Crippen molar-refractivity contribution in [2.45, 2.75) is 12.3 Å². The summed E-state index contributed by atoms with van der Waals surface area (Å²) >= 11 is 3.31. The van der Waals surface area contributed by atoms with E-state index in [0.717, 1.165) is 5.56 Å². The van der Waals surface area contributed by atoms with Crippen LogP contribution in [0, 0.1) is 0 Å². The van der Waals surface area contributed by atoms with E-state index in [-0.39, 0.29) is 30.0 Å². The number of likely N-dealkylation sites (tertiary alicyclic amines) is 1. The number of aromatic hydroxyl groups is 1. The number of hydrogen-bond acceptors (Lipinski definition) is 5. The first kappa shape index (κ1) is 19.9. The van der Waals surface area contributed by atoms with Crippen molar-refractivity contribution < 1.29 is 19.4 Å². The van der Waals surface area contributed by atoms with Crippen LogP contribution in [-0.4, -0.2) is 48.2 Å². The lowest BCUT2D eigenvalue weighted by Gasteiger charge is -2.15. The van der Waals surface area contributed by atoms with E-state index < -0.39 is 0 Å². The highest BCUT2D eigenvalue weighted by molar-refractivity contribution is 9.10. The summed E-state index contributed by atoms with van der Waals surface area (Å²) in [5.74, 6) is -0.0220. The number of halogens is 1. The highest BCUT2D eigenvalue weighted by Gasteiger charge is 2.31. The predicted molar refractivity (Wildman–Crippen MR) is 108 cm³/mol. The van der Waals surface area contributed by atoms with E-state index >= 15 is 0 Å². The Morgan fingerprint density at radius 1 is 1.39 bits per heavy atom. The molecule has 2 amide bonds. The molecule has 0 unspecified atom stereocenters. The van der Waals surface area contributed by atoms with E-state index in [4.69, 9.17) is 4.74 Å². The minimum absolute atomic E-state index is 0.00363. The van der Waals surface area contributed by atoms with Crippen molar-refractivity contribution in [3.05, 3.63) is 58.1 Å². The molecule has 0 saturated carbocycles. The average molecular weight is 446 g/mol. The van der Waals surface area contributed by atoms with Gasteiger partial charge >= 0.3 is 0 Å². The van der Waals surface area contributed by atoms with E-state index in [1.54, 1.807) is 11.0 Å². The third-order valence-corrected chi connectivity index (χ3v) is 5.20. The van der Waals surface area contributed by atoms with Gasteiger partial charge in [0.1, 0.15) is 6.54 Å². The van der Waals surface area contributed by atoms with Crippen molar-refractivity contribution >= 4 is 34.0 Å². The van der Waals surface area contributed by atoms with Crippen LogP contribution in [0.3, 0.4) is 0 Å². The van der Waals surface area contributed by atoms with E-state index in [2.05, 4.69) is 26.5 Å². The van der Waals surface area contributed by atoms with Gasteiger partial charge in [0.15, 0.2) is 11.5 Å². The summed E-state index contributed by atoms with van der Waals surface area (Å²) in [5, 5.41) is 13.6. The fourth-order valence-electron chi connectivity index (χ4n) is 3.08. The molecule has 1 atom stereocenters. The summed E-state index contributed by atoms with van der Waals surface area (Å²) in [6, 6.07) is 12.9. The van der Waals surface area contributed by atoms with Crippen molar-refractivity contribution in [3.8, 4) is 11.5 Å². The fraction of sp³-hybridized carbons (Fsp3) is 0.250. The van der Waals surface area contributed by atoms with Gasteiger partial charge in [0.05, 0.1) is 13.3 Å². The molecule has 3 rings (SSSR count). The van der Waals surface area contributed by atoms with Gasteiger partial charge in [0.2, 0.25) is 5.91 Å². The van der Waals surface area contributed by atoms with Crippen LogP contribution in [0.2, 0.25) is 0 Å². The van der Waals surface area contributed by atoms with Gasteiger partial charge in [-0.05, 0) is 33.6 Å². The Morgan fingerprint density at radius 2 is 2.14 bits per heavy atom. The molecule has 146 valence electrons. The zero-order valence-corrected chi connectivity index (χ0v) is 16.8. The first-order chi connectivity index (χ1) is 13.5. The molecule has 1 aliphatic rings. The Bertz CT molecular complexity index is 902. The van der Waals surface area contributed by atoms with Crippen LogP contribution in [0.15, 0.2) is 52.0 Å². The lowest BCUT2D eigenvalue weighted by Crippen LogP contribution is -2.36. The minimum atomic E-state index is -0.375. The third-order valence-electron chi connectivity index (χ3n) is 4.51. The number of benzene rings is 2. The minimum Gasteiger partial charge on any atom is -0.504 e. The molecule has 0 aromatic heterocycles. The lowest BCUT2D eigenvalue weighted by molar-refractivity contribution is -0.133. The molecule has 1 saturated heterocycles. The normalized spacial score (nSPS) is 16.6. The van der Waals surface area contributed by atoms with E-state index in [1.165, 1.54) is 19.4 Å². The Morgan fingerprint density at radius 3 is 2.86 bits per heavy atom. The summed E-state index contributed by atoms with van der Waals surface area (Å²) in [6.45, 7) is 0.472. The van der Waals surface area contributed by atoms with Crippen LogP contribution in [0.1, 0.15) is 23.5 Å². The molecule has 0 spiro atoms. The predicted octanol–water partition coefficient (Wildman–Crippen LogP) is 2.63. The number of amides is 2. The molecular formula is C20H20BrN3O4. The molecule has 0 radical (unpaired) electrons. The number of phenolic OH excluding ortho intramolecular Hbond substituents is 1. The second-order valence-electron chi connectivity index (χ2n) is 6.42. The zero-order valence-electron chi connectivity index (χ0n) is 15.3. The number of hydrazone groups is 1. The largest absolute Gasteiger partial charge is 0.504 e. The molecule has 2 aromatic rings. The van der Waals surface area contributed by atoms with Crippen molar-refractivity contribution in [2.75, 3.05) is 20.2 Å². The third kappa shape index (κ3) is 4.69. The number of hydrogen-bond donors (Lipinski definition) is 2. The van der Waals surface area contributed by atoms with Crippen LogP contribution in [0.25, 0.3) is 0 Å². The number of ether oxygens (including phenoxy) is 1. The van der Waals surface area contributed by atoms with Crippen LogP contribution in [-0.2, 0) is 9.59 Å². The molecule has 0 aliphatic carbocycles. The second kappa shape index (κ2) is 8.88. The standard InChI is InChI=1S/C20H20BrN3O4/c1-28-18-7-14(16(21)9-17(18)25)10-22-23-19(26)12-24-11-15(8-20(24)27)13-5-3-2-4-6-13/h2-7,9-10,15,25H,8,11-12H2,1H3,(H,23,26)/b22-10-/t15-/m1/s1. The Labute approximate surface area is 171 Å². The first-order valence-electron chi connectivity index (χ1n) is 8.69. The average Bonchev–Trinajstić information content (AvgIpc) is 3.04. The summed E-state index contributed by atoms with van der Waals surface area (Å²) in [7, 11) is 1.45. The molecule has 0 bridgehead atoms. The number of nitrogens with zero attached hydrogens (tertiary/aromatic N) is 2. The number of carbonyl (C=O) groups is 2. The summed E-state index contributed by atoms with van der Waals surface area (Å²) in [5.41, 5.74) is 4.15. The monoisotopic (exact) mass is 445 g/mol. The maximum Gasteiger partial charge on any atom is 0.259 e. The van der Waals surface area contributed by atoms with Gasteiger partial charge in [-0.1, -0.05) is 30.3 Å². The highest BCUT2D eigenvalue weighted by atomic mass is 79.9. The van der Waals surface area contributed by atoms with Crippen LogP contribution in [0.5, 0.6) is 11.5 Å². The summed E-state index contributed by atoms with van der Waals surface area (Å²) < 4.78 is 5.65. The zero-order chi connectivity index (χ0) is 20.1. The van der Waals surface area contributed by atoms with Crippen molar-refractivity contribution in [3.63, 3.8) is 0 Å². The van der Waals surface area contributed by atoms with Crippen molar-refractivity contribution in [1.29, 1.82) is 0 Å². The number of nitrogens with one attached hydrogen (secondary N) is 1. The molecular weight excluding hydrogens is 426 g/mol. The van der Waals surface area contributed by atoms with Gasteiger partial charge < -0.3 is 14.7 Å². The van der Waals surface area contributed by atoms with Crippen molar-refractivity contribution in [2.24, 2.45) is 5.10 Å². The fourth-order valence-corrected chi connectivity index (χ4v) is 3.51. The Hall–Kier alpha value is -2.87. The molecule has 1 heterocycles. The maximum atomic E-state index is 12.2. The molecule has 7 nitrogen and oxygen atoms in total. The maximum absolute atomic E-state index is 12.2. The lowest BCUT2D eigenvalue weighted by atomic mass is 9.99. The second-order valence-corrected chi connectivity index (χ2v) is 7.28. The number of methoxy groups -OCH3 is 1.